The molecule has 0 N–H and O–H groups in total. The summed E-state index contributed by atoms with van der Waals surface area (Å²) in [4.78, 5) is 20.3. The lowest BCUT2D eigenvalue weighted by Gasteiger charge is -2.22. The number of hydrogen-bond donors (Lipinski definition) is 0. The van der Waals surface area contributed by atoms with E-state index in [2.05, 4.69) is 4.98 Å². The molecule has 0 bridgehead atoms. The van der Waals surface area contributed by atoms with Crippen LogP contribution in [0.1, 0.15) is 10.6 Å². The average Bonchev–Trinajstić information content (AvgIpc) is 3.30. The number of amides is 1. The number of thiophene rings is 1. The van der Waals surface area contributed by atoms with E-state index >= 15 is 0 Å². The number of carbonyl (C=O) groups is 1. The van der Waals surface area contributed by atoms with E-state index in [1.54, 1.807) is 11.3 Å². The molecule has 4 nitrogen and oxygen atoms in total. The molecule has 124 valence electrons. The van der Waals surface area contributed by atoms with Gasteiger partial charge in [-0.2, -0.15) is 0 Å². The summed E-state index contributed by atoms with van der Waals surface area (Å²) >= 11 is 1.61. The van der Waals surface area contributed by atoms with E-state index in [0.717, 1.165) is 21.9 Å². The van der Waals surface area contributed by atoms with E-state index in [0.29, 0.717) is 13.0 Å². The summed E-state index contributed by atoms with van der Waals surface area (Å²) in [6, 6.07) is 19.7. The van der Waals surface area contributed by atoms with Crippen molar-refractivity contribution < 1.29 is 4.79 Å². The molecule has 0 spiro atoms. The van der Waals surface area contributed by atoms with Crippen molar-refractivity contribution in [2.45, 2.75) is 13.0 Å². The molecule has 0 saturated heterocycles. The highest BCUT2D eigenvalue weighted by atomic mass is 32.1. The Morgan fingerprint density at radius 2 is 1.88 bits per heavy atom. The Balaban J connectivity index is 1.66. The van der Waals surface area contributed by atoms with Crippen LogP contribution in [0, 0.1) is 0 Å². The van der Waals surface area contributed by atoms with Crippen LogP contribution in [0.25, 0.3) is 5.65 Å². The third kappa shape index (κ3) is 3.32. The Hall–Kier alpha value is -2.92. The summed E-state index contributed by atoms with van der Waals surface area (Å²) in [5.74, 6) is 0.0829. The van der Waals surface area contributed by atoms with Gasteiger partial charge in [0, 0.05) is 16.8 Å². The van der Waals surface area contributed by atoms with E-state index < -0.39 is 0 Å². The summed E-state index contributed by atoms with van der Waals surface area (Å²) in [6.07, 6.45) is 4.22. The Morgan fingerprint density at radius 3 is 2.68 bits per heavy atom. The molecule has 0 aliphatic heterocycles. The fourth-order valence-electron chi connectivity index (χ4n) is 2.85. The van der Waals surface area contributed by atoms with Crippen LogP contribution >= 0.6 is 11.3 Å². The van der Waals surface area contributed by atoms with Crippen LogP contribution in [0.4, 0.5) is 5.69 Å². The highest BCUT2D eigenvalue weighted by Crippen LogP contribution is 2.20. The molecule has 3 heterocycles. The topological polar surface area (TPSA) is 37.6 Å². The van der Waals surface area contributed by atoms with Crippen LogP contribution in [-0.4, -0.2) is 15.3 Å². The smallest absolute Gasteiger partial charge is 0.232 e. The van der Waals surface area contributed by atoms with Gasteiger partial charge in [-0.3, -0.25) is 4.79 Å². The van der Waals surface area contributed by atoms with E-state index in [9.17, 15) is 4.79 Å². The lowest BCUT2D eigenvalue weighted by molar-refractivity contribution is -0.118. The first-order valence-electron chi connectivity index (χ1n) is 8.10. The number of hydrogen-bond acceptors (Lipinski definition) is 3. The van der Waals surface area contributed by atoms with Gasteiger partial charge < -0.3 is 9.30 Å². The highest BCUT2D eigenvalue weighted by Gasteiger charge is 2.18. The molecule has 5 heteroatoms. The van der Waals surface area contributed by atoms with Gasteiger partial charge in [0.1, 0.15) is 5.65 Å². The van der Waals surface area contributed by atoms with Gasteiger partial charge in [-0.15, -0.1) is 11.3 Å². The molecule has 0 radical (unpaired) electrons. The van der Waals surface area contributed by atoms with Crippen molar-refractivity contribution in [1.82, 2.24) is 9.38 Å². The van der Waals surface area contributed by atoms with E-state index in [4.69, 9.17) is 0 Å². The van der Waals surface area contributed by atoms with E-state index in [1.165, 1.54) is 0 Å². The standard InChI is InChI=1S/C20H17N3OS/c24-20(13-18-9-6-12-25-18)23(16-7-2-1-3-8-16)15-17-14-21-19-10-4-5-11-22(17)19/h1-12,14H,13,15H2. The van der Waals surface area contributed by atoms with Gasteiger partial charge in [-0.05, 0) is 35.7 Å². The van der Waals surface area contributed by atoms with Crippen LogP contribution in [0.3, 0.4) is 0 Å². The number of fused-ring (bicyclic) bond motifs is 1. The third-order valence-corrected chi connectivity index (χ3v) is 4.96. The molecule has 0 atom stereocenters. The summed E-state index contributed by atoms with van der Waals surface area (Å²) in [7, 11) is 0. The van der Waals surface area contributed by atoms with Gasteiger partial charge in [-0.25, -0.2) is 4.98 Å². The van der Waals surface area contributed by atoms with Crippen molar-refractivity contribution in [3.05, 3.63) is 89.0 Å². The number of rotatable bonds is 5. The van der Waals surface area contributed by atoms with Gasteiger partial charge in [0.05, 0.1) is 24.9 Å². The van der Waals surface area contributed by atoms with Crippen LogP contribution in [0.5, 0.6) is 0 Å². The summed E-state index contributed by atoms with van der Waals surface area (Å²) in [6.45, 7) is 0.486. The second kappa shape index (κ2) is 6.91. The molecule has 0 saturated carbocycles. The van der Waals surface area contributed by atoms with Gasteiger partial charge in [0.25, 0.3) is 0 Å². The Bertz CT molecular complexity index is 977. The van der Waals surface area contributed by atoms with Crippen molar-refractivity contribution in [2.75, 3.05) is 4.90 Å². The SMILES string of the molecule is O=C(Cc1cccs1)N(Cc1cnc2ccccn12)c1ccccc1. The van der Waals surface area contributed by atoms with Crippen LogP contribution in [-0.2, 0) is 17.8 Å². The minimum absolute atomic E-state index is 0.0829. The fraction of sp³-hybridized carbons (Fsp3) is 0.100. The van der Waals surface area contributed by atoms with Crippen molar-refractivity contribution in [2.24, 2.45) is 0 Å². The first-order chi connectivity index (χ1) is 12.3. The zero-order valence-electron chi connectivity index (χ0n) is 13.6. The average molecular weight is 347 g/mol. The molecule has 1 amide bonds. The minimum atomic E-state index is 0.0829. The normalized spacial score (nSPS) is 10.9. The van der Waals surface area contributed by atoms with Gasteiger partial charge in [-0.1, -0.05) is 30.3 Å². The fourth-order valence-corrected chi connectivity index (χ4v) is 3.55. The second-order valence-corrected chi connectivity index (χ2v) is 6.78. The number of anilines is 1. The van der Waals surface area contributed by atoms with Gasteiger partial charge in [0.2, 0.25) is 5.91 Å². The number of para-hydroxylation sites is 1. The zero-order valence-corrected chi connectivity index (χ0v) is 14.4. The molecule has 1 aromatic carbocycles. The molecule has 25 heavy (non-hydrogen) atoms. The highest BCUT2D eigenvalue weighted by molar-refractivity contribution is 7.10. The summed E-state index contributed by atoms with van der Waals surface area (Å²) < 4.78 is 2.02. The molecule has 0 aliphatic carbocycles. The lowest BCUT2D eigenvalue weighted by Crippen LogP contribution is -2.32. The zero-order chi connectivity index (χ0) is 17.1. The maximum atomic E-state index is 13.0. The maximum Gasteiger partial charge on any atom is 0.232 e. The number of benzene rings is 1. The number of nitrogens with zero attached hydrogens (tertiary/aromatic N) is 3. The van der Waals surface area contributed by atoms with Crippen LogP contribution < -0.4 is 4.90 Å². The quantitative estimate of drug-likeness (QED) is 0.543. The van der Waals surface area contributed by atoms with E-state index in [1.807, 2.05) is 87.7 Å². The lowest BCUT2D eigenvalue weighted by atomic mass is 10.2. The summed E-state index contributed by atoms with van der Waals surface area (Å²) in [5.41, 5.74) is 2.77. The number of pyridine rings is 1. The largest absolute Gasteiger partial charge is 0.306 e. The maximum absolute atomic E-state index is 13.0. The molecule has 0 aliphatic rings. The predicted octanol–water partition coefficient (Wildman–Crippen LogP) is 4.17. The van der Waals surface area contributed by atoms with Crippen molar-refractivity contribution in [1.29, 1.82) is 0 Å². The van der Waals surface area contributed by atoms with Crippen molar-refractivity contribution in [3.8, 4) is 0 Å². The molecule has 3 aromatic heterocycles. The molecule has 4 rings (SSSR count). The van der Waals surface area contributed by atoms with Crippen LogP contribution in [0.15, 0.2) is 78.4 Å². The molecule has 4 aromatic rings. The van der Waals surface area contributed by atoms with E-state index in [-0.39, 0.29) is 5.91 Å². The molecule has 0 fully saturated rings. The number of aromatic nitrogens is 2. The molecular formula is C20H17N3OS. The van der Waals surface area contributed by atoms with Crippen LogP contribution in [0.2, 0.25) is 0 Å². The number of carbonyl (C=O) groups excluding carboxylic acids is 1. The first-order valence-corrected chi connectivity index (χ1v) is 8.98. The van der Waals surface area contributed by atoms with Crippen molar-refractivity contribution in [3.63, 3.8) is 0 Å². The third-order valence-electron chi connectivity index (χ3n) is 4.09. The monoisotopic (exact) mass is 347 g/mol. The Labute approximate surface area is 150 Å². The summed E-state index contributed by atoms with van der Waals surface area (Å²) in [5, 5.41) is 2.00. The second-order valence-electron chi connectivity index (χ2n) is 5.75. The number of imidazole rings is 1. The Morgan fingerprint density at radius 1 is 1.04 bits per heavy atom. The minimum Gasteiger partial charge on any atom is -0.306 e. The van der Waals surface area contributed by atoms with Crippen molar-refractivity contribution >= 4 is 28.6 Å². The first kappa shape index (κ1) is 15.6. The predicted molar refractivity (Wildman–Crippen MR) is 101 cm³/mol. The molecule has 0 unspecified atom stereocenters. The molecular weight excluding hydrogens is 330 g/mol. The van der Waals surface area contributed by atoms with Gasteiger partial charge in [0.15, 0.2) is 0 Å². The Kier molecular flexibility index (Phi) is 4.31. The van der Waals surface area contributed by atoms with Gasteiger partial charge >= 0.3 is 0 Å².